The number of nitrogens with zero attached hydrogens (tertiary/aromatic N) is 1. The Bertz CT molecular complexity index is 702. The van der Waals surface area contributed by atoms with E-state index >= 15 is 0 Å². The summed E-state index contributed by atoms with van der Waals surface area (Å²) in [5, 5.41) is 10.9. The summed E-state index contributed by atoms with van der Waals surface area (Å²) < 4.78 is 9.43. The lowest BCUT2D eigenvalue weighted by Crippen LogP contribution is -2.15. The van der Waals surface area contributed by atoms with E-state index in [0.717, 1.165) is 7.11 Å². The van der Waals surface area contributed by atoms with E-state index in [-0.39, 0.29) is 11.0 Å². The normalized spacial score (nSPS) is 10.3. The lowest BCUT2D eigenvalue weighted by Gasteiger charge is -2.02. The largest absolute Gasteiger partial charge is 0.463 e. The number of carbonyl (C=O) groups excluding carboxylic acids is 1. The molecule has 1 aromatic carbocycles. The molecule has 0 amide bonds. The molecule has 2 aromatic rings. The first kappa shape index (κ1) is 11.8. The van der Waals surface area contributed by atoms with Gasteiger partial charge in [0.1, 0.15) is 5.58 Å². The molecule has 92 valence electrons. The van der Waals surface area contributed by atoms with E-state index in [0.29, 0.717) is 0 Å². The van der Waals surface area contributed by atoms with Gasteiger partial charge in [-0.25, -0.2) is 4.79 Å². The molecule has 2 rings (SSSR count). The van der Waals surface area contributed by atoms with Crippen molar-refractivity contribution in [2.24, 2.45) is 0 Å². The number of nitro groups is 1. The van der Waals surface area contributed by atoms with Gasteiger partial charge < -0.3 is 9.15 Å². The number of carbonyl (C=O) groups is 1. The molecule has 1 heterocycles. The van der Waals surface area contributed by atoms with Crippen molar-refractivity contribution in [3.05, 3.63) is 50.4 Å². The molecule has 18 heavy (non-hydrogen) atoms. The summed E-state index contributed by atoms with van der Waals surface area (Å²) in [6.07, 6.45) is 0. The first-order valence-corrected chi connectivity index (χ1v) is 4.84. The Hall–Kier alpha value is -2.70. The molecular weight excluding hydrogens is 242 g/mol. The van der Waals surface area contributed by atoms with Gasteiger partial charge in [-0.2, -0.15) is 0 Å². The Morgan fingerprint density at radius 3 is 2.67 bits per heavy atom. The number of ether oxygens (including phenoxy) is 1. The van der Waals surface area contributed by atoms with E-state index in [4.69, 9.17) is 4.42 Å². The molecule has 0 radical (unpaired) electrons. The molecule has 0 atom stereocenters. The van der Waals surface area contributed by atoms with Crippen molar-refractivity contribution in [2.75, 3.05) is 7.11 Å². The molecule has 0 saturated heterocycles. The van der Waals surface area contributed by atoms with E-state index < -0.39 is 27.8 Å². The van der Waals surface area contributed by atoms with E-state index in [1.165, 1.54) is 12.1 Å². The van der Waals surface area contributed by atoms with Crippen molar-refractivity contribution < 1.29 is 18.9 Å². The third-order valence-corrected chi connectivity index (χ3v) is 2.33. The highest BCUT2D eigenvalue weighted by atomic mass is 16.6. The van der Waals surface area contributed by atoms with Crippen LogP contribution in [0.5, 0.6) is 0 Å². The highest BCUT2D eigenvalue weighted by Gasteiger charge is 2.30. The lowest BCUT2D eigenvalue weighted by atomic mass is 10.2. The highest BCUT2D eigenvalue weighted by Crippen LogP contribution is 2.21. The summed E-state index contributed by atoms with van der Waals surface area (Å²) in [4.78, 5) is 33.2. The predicted octanol–water partition coefficient (Wildman–Crippen LogP) is 1.49. The molecule has 0 N–H and O–H groups in total. The van der Waals surface area contributed by atoms with Gasteiger partial charge in [-0.3, -0.25) is 14.9 Å². The number of benzene rings is 1. The fraction of sp³-hybridized carbons (Fsp3) is 0.0909. The minimum absolute atomic E-state index is 0.0388. The van der Waals surface area contributed by atoms with Crippen molar-refractivity contribution in [1.29, 1.82) is 0 Å². The average molecular weight is 249 g/mol. The highest BCUT2D eigenvalue weighted by molar-refractivity contribution is 5.93. The minimum Gasteiger partial charge on any atom is -0.463 e. The Labute approximate surface area is 99.7 Å². The number of para-hydroxylation sites is 1. The zero-order valence-electron chi connectivity index (χ0n) is 9.21. The van der Waals surface area contributed by atoms with Crippen LogP contribution in [-0.4, -0.2) is 18.0 Å². The molecule has 0 spiro atoms. The minimum atomic E-state index is -1.07. The van der Waals surface area contributed by atoms with E-state index in [1.54, 1.807) is 12.1 Å². The maximum atomic E-state index is 11.9. The average Bonchev–Trinajstić information content (AvgIpc) is 2.37. The maximum absolute atomic E-state index is 11.9. The van der Waals surface area contributed by atoms with Gasteiger partial charge in [0.15, 0.2) is 0 Å². The number of esters is 1. The zero-order chi connectivity index (χ0) is 13.3. The first-order chi connectivity index (χ1) is 8.56. The summed E-state index contributed by atoms with van der Waals surface area (Å²) in [6.45, 7) is 0. The maximum Gasteiger partial charge on any atom is 0.381 e. The zero-order valence-corrected chi connectivity index (χ0v) is 9.21. The smallest absolute Gasteiger partial charge is 0.381 e. The summed E-state index contributed by atoms with van der Waals surface area (Å²) in [6, 6.07) is 5.95. The van der Waals surface area contributed by atoms with Gasteiger partial charge in [0.25, 0.3) is 11.2 Å². The third-order valence-electron chi connectivity index (χ3n) is 2.33. The molecule has 0 fully saturated rings. The second-order valence-electron chi connectivity index (χ2n) is 3.35. The van der Waals surface area contributed by atoms with Crippen LogP contribution in [0.2, 0.25) is 0 Å². The molecule has 7 heteroatoms. The summed E-state index contributed by atoms with van der Waals surface area (Å²) >= 11 is 0. The molecule has 7 nitrogen and oxygen atoms in total. The number of methoxy groups -OCH3 is 1. The van der Waals surface area contributed by atoms with Crippen LogP contribution >= 0.6 is 0 Å². The lowest BCUT2D eigenvalue weighted by molar-refractivity contribution is -0.387. The number of rotatable bonds is 2. The Morgan fingerprint density at radius 2 is 2.06 bits per heavy atom. The van der Waals surface area contributed by atoms with Crippen molar-refractivity contribution in [1.82, 2.24) is 0 Å². The number of fused-ring (bicyclic) bond motifs is 1. The van der Waals surface area contributed by atoms with Crippen LogP contribution in [0.25, 0.3) is 11.0 Å². The second kappa shape index (κ2) is 4.28. The Balaban J connectivity index is 2.92. The van der Waals surface area contributed by atoms with Crippen molar-refractivity contribution >= 4 is 22.6 Å². The van der Waals surface area contributed by atoms with Crippen LogP contribution < -0.4 is 5.43 Å². The van der Waals surface area contributed by atoms with Crippen molar-refractivity contribution in [2.45, 2.75) is 0 Å². The quantitative estimate of drug-likeness (QED) is 0.454. The van der Waals surface area contributed by atoms with Gasteiger partial charge in [-0.05, 0) is 12.1 Å². The van der Waals surface area contributed by atoms with Crippen molar-refractivity contribution in [3.63, 3.8) is 0 Å². The standard InChI is InChI=1S/C11H7NO6/c1-17-11(14)10-8(12(15)16)9(13)6-4-2-3-5-7(6)18-10/h2-5H,1H3. The molecule has 0 aliphatic carbocycles. The molecule has 0 bridgehead atoms. The van der Waals surface area contributed by atoms with E-state index in [9.17, 15) is 19.7 Å². The fourth-order valence-electron chi connectivity index (χ4n) is 1.53. The monoisotopic (exact) mass is 249 g/mol. The first-order valence-electron chi connectivity index (χ1n) is 4.84. The molecular formula is C11H7NO6. The third kappa shape index (κ3) is 1.71. The van der Waals surface area contributed by atoms with Gasteiger partial charge in [0.2, 0.25) is 0 Å². The molecule has 0 unspecified atom stereocenters. The van der Waals surface area contributed by atoms with Crippen LogP contribution in [0, 0.1) is 10.1 Å². The summed E-state index contributed by atoms with van der Waals surface area (Å²) in [5.74, 6) is -1.77. The van der Waals surface area contributed by atoms with Gasteiger partial charge in [0.05, 0.1) is 17.4 Å². The van der Waals surface area contributed by atoms with Crippen LogP contribution in [0.1, 0.15) is 10.6 Å². The summed E-state index contributed by atoms with van der Waals surface area (Å²) in [7, 11) is 1.04. The van der Waals surface area contributed by atoms with Gasteiger partial charge >= 0.3 is 11.7 Å². The van der Waals surface area contributed by atoms with E-state index in [1.807, 2.05) is 0 Å². The van der Waals surface area contributed by atoms with Crippen LogP contribution in [0.3, 0.4) is 0 Å². The van der Waals surface area contributed by atoms with Gasteiger partial charge in [-0.1, -0.05) is 12.1 Å². The van der Waals surface area contributed by atoms with Crippen LogP contribution in [-0.2, 0) is 4.74 Å². The SMILES string of the molecule is COC(=O)c1oc2ccccc2c(=O)c1[N+](=O)[O-]. The Morgan fingerprint density at radius 1 is 1.39 bits per heavy atom. The summed E-state index contributed by atoms with van der Waals surface area (Å²) in [5.41, 5.74) is -1.70. The van der Waals surface area contributed by atoms with Crippen molar-refractivity contribution in [3.8, 4) is 0 Å². The number of hydrogen-bond acceptors (Lipinski definition) is 6. The molecule has 0 aliphatic heterocycles. The number of hydrogen-bond donors (Lipinski definition) is 0. The molecule has 0 aliphatic rings. The Kier molecular flexibility index (Phi) is 2.80. The van der Waals surface area contributed by atoms with Gasteiger partial charge in [0, 0.05) is 0 Å². The second-order valence-corrected chi connectivity index (χ2v) is 3.35. The molecule has 0 saturated carbocycles. The van der Waals surface area contributed by atoms with Crippen LogP contribution in [0.15, 0.2) is 33.5 Å². The fourth-order valence-corrected chi connectivity index (χ4v) is 1.53. The van der Waals surface area contributed by atoms with Gasteiger partial charge in [-0.15, -0.1) is 0 Å². The predicted molar refractivity (Wildman–Crippen MR) is 60.5 cm³/mol. The van der Waals surface area contributed by atoms with E-state index in [2.05, 4.69) is 4.74 Å². The topological polar surface area (TPSA) is 99.7 Å². The molecule has 1 aromatic heterocycles. The van der Waals surface area contributed by atoms with Crippen LogP contribution in [0.4, 0.5) is 5.69 Å².